The first-order valence-corrected chi connectivity index (χ1v) is 12.0. The molecule has 0 radical (unpaired) electrons. The van der Waals surface area contributed by atoms with E-state index in [0.29, 0.717) is 37.6 Å². The second-order valence-corrected chi connectivity index (χ2v) is 9.90. The van der Waals surface area contributed by atoms with E-state index in [1.165, 1.54) is 23.1 Å². The highest BCUT2D eigenvalue weighted by atomic mass is 16.5. The van der Waals surface area contributed by atoms with Crippen LogP contribution >= 0.6 is 0 Å². The van der Waals surface area contributed by atoms with Crippen molar-refractivity contribution >= 4 is 28.9 Å². The van der Waals surface area contributed by atoms with Crippen LogP contribution in [0.3, 0.4) is 0 Å². The number of ether oxygens (including phenoxy) is 1. The second-order valence-electron chi connectivity index (χ2n) is 9.90. The van der Waals surface area contributed by atoms with Crippen molar-refractivity contribution in [3.05, 3.63) is 67.9 Å². The lowest BCUT2D eigenvalue weighted by molar-refractivity contribution is -0.141. The minimum absolute atomic E-state index is 0.0376. The molecule has 1 amide bonds. The number of hydrogen-bond acceptors (Lipinski definition) is 9. The molecule has 0 spiro atoms. The number of amides is 1. The molecule has 5 rings (SSSR count). The molecule has 2 aromatic carbocycles. The van der Waals surface area contributed by atoms with Gasteiger partial charge in [0.05, 0.1) is 30.5 Å². The molecule has 2 fully saturated rings. The van der Waals surface area contributed by atoms with Crippen molar-refractivity contribution in [1.82, 2.24) is 4.90 Å². The normalized spacial score (nSPS) is 19.4. The average Bonchev–Trinajstić information content (AvgIpc) is 3.52. The number of nitrogens with one attached hydrogen (secondary N) is 2. The predicted molar refractivity (Wildman–Crippen MR) is 133 cm³/mol. The van der Waals surface area contributed by atoms with Crippen LogP contribution in [0.5, 0.6) is 5.75 Å². The summed E-state index contributed by atoms with van der Waals surface area (Å²) in [6.45, 7) is 4.91. The van der Waals surface area contributed by atoms with Gasteiger partial charge in [0.25, 0.3) is 16.8 Å². The molecular formula is C26H27N3O8. The summed E-state index contributed by atoms with van der Waals surface area (Å²) in [6, 6.07) is 6.54. The van der Waals surface area contributed by atoms with Crippen LogP contribution in [0.25, 0.3) is 0 Å². The van der Waals surface area contributed by atoms with Gasteiger partial charge >= 0.3 is 5.97 Å². The SMILES string of the molecule is Cc1ccc(C(Nc2c(Nc3cccc(C(=O)N4CCC[C@@H]4C(=O)O)c3O)c(=O)c2=O)C2(C)COC2)o1. The average molecular weight is 510 g/mol. The fourth-order valence-corrected chi connectivity index (χ4v) is 4.95. The molecule has 0 bridgehead atoms. The Hall–Kier alpha value is -4.12. The van der Waals surface area contributed by atoms with Gasteiger partial charge in [-0.2, -0.15) is 0 Å². The van der Waals surface area contributed by atoms with Crippen molar-refractivity contribution in [2.75, 3.05) is 30.4 Å². The van der Waals surface area contributed by atoms with Crippen molar-refractivity contribution in [1.29, 1.82) is 0 Å². The minimum atomic E-state index is -1.11. The Balaban J connectivity index is 1.43. The van der Waals surface area contributed by atoms with Gasteiger partial charge in [-0.1, -0.05) is 13.0 Å². The highest BCUT2D eigenvalue weighted by Gasteiger charge is 2.45. The molecule has 2 aliphatic heterocycles. The number of para-hydroxylation sites is 1. The highest BCUT2D eigenvalue weighted by molar-refractivity contribution is 6.01. The first kappa shape index (κ1) is 24.6. The molecule has 4 N–H and O–H groups in total. The number of phenolic OH excluding ortho intramolecular Hbond substituents is 1. The zero-order valence-corrected chi connectivity index (χ0v) is 20.4. The van der Waals surface area contributed by atoms with Gasteiger partial charge in [-0.25, -0.2) is 4.79 Å². The molecule has 2 aliphatic rings. The smallest absolute Gasteiger partial charge is 0.326 e. The summed E-state index contributed by atoms with van der Waals surface area (Å²) in [5.74, 6) is -0.883. The number of carboxylic acids is 1. The van der Waals surface area contributed by atoms with E-state index in [0.717, 1.165) is 0 Å². The number of carboxylic acid groups (broad SMARTS) is 1. The molecule has 1 aromatic heterocycles. The standard InChI is InChI=1S/C26H27N3O8/c1-13-8-9-17(37-13)23(26(2)11-36-12-26)28-19-18(21(31)22(19)32)27-15-6-3-5-14(20(15)30)24(33)29-10-4-7-16(29)25(34)35/h3,5-6,8-9,16,23,27-28,30H,4,7,10-12H2,1-2H3,(H,34,35)/t16-,23?/m1/s1. The minimum Gasteiger partial charge on any atom is -0.505 e. The number of aryl methyl sites for hydroxylation is 1. The van der Waals surface area contributed by atoms with E-state index in [-0.39, 0.29) is 34.6 Å². The topological polar surface area (TPSA) is 158 Å². The molecule has 11 heteroatoms. The maximum Gasteiger partial charge on any atom is 0.326 e. The molecule has 2 saturated heterocycles. The quantitative estimate of drug-likeness (QED) is 0.263. The van der Waals surface area contributed by atoms with Crippen LogP contribution in [0.2, 0.25) is 0 Å². The van der Waals surface area contributed by atoms with E-state index < -0.39 is 40.6 Å². The largest absolute Gasteiger partial charge is 0.505 e. The lowest BCUT2D eigenvalue weighted by atomic mass is 9.79. The number of hydrogen-bond donors (Lipinski definition) is 4. The van der Waals surface area contributed by atoms with Crippen LogP contribution in [0.1, 0.15) is 47.7 Å². The molecule has 1 unspecified atom stereocenters. The van der Waals surface area contributed by atoms with Gasteiger partial charge in [0.15, 0.2) is 5.75 Å². The molecule has 2 atom stereocenters. The predicted octanol–water partition coefficient (Wildman–Crippen LogP) is 2.51. The Kier molecular flexibility index (Phi) is 6.03. The molecule has 194 valence electrons. The molecule has 37 heavy (non-hydrogen) atoms. The van der Waals surface area contributed by atoms with Gasteiger partial charge in [-0.05, 0) is 44.0 Å². The van der Waals surface area contributed by atoms with E-state index in [4.69, 9.17) is 9.15 Å². The van der Waals surface area contributed by atoms with Crippen LogP contribution in [0.15, 0.2) is 44.3 Å². The molecule has 3 aromatic rings. The first-order chi connectivity index (χ1) is 17.6. The fraction of sp³-hybridized carbons (Fsp3) is 0.385. The summed E-state index contributed by atoms with van der Waals surface area (Å²) in [5, 5.41) is 26.2. The first-order valence-electron chi connectivity index (χ1n) is 12.0. The van der Waals surface area contributed by atoms with Crippen molar-refractivity contribution < 1.29 is 29.0 Å². The Morgan fingerprint density at radius 2 is 1.86 bits per heavy atom. The van der Waals surface area contributed by atoms with Crippen LogP contribution < -0.4 is 21.5 Å². The number of carbonyl (C=O) groups is 2. The van der Waals surface area contributed by atoms with Gasteiger partial charge in [0, 0.05) is 12.0 Å². The van der Waals surface area contributed by atoms with E-state index in [2.05, 4.69) is 10.6 Å². The third-order valence-corrected chi connectivity index (χ3v) is 7.13. The monoisotopic (exact) mass is 509 g/mol. The molecule has 0 saturated carbocycles. The molecule has 11 nitrogen and oxygen atoms in total. The summed E-state index contributed by atoms with van der Waals surface area (Å²) in [4.78, 5) is 50.8. The number of anilines is 3. The maximum atomic E-state index is 13.0. The lowest BCUT2D eigenvalue weighted by Crippen LogP contribution is -2.49. The van der Waals surface area contributed by atoms with Gasteiger partial charge in [0.2, 0.25) is 0 Å². The summed E-state index contributed by atoms with van der Waals surface area (Å²) in [6.07, 6.45) is 0.874. The number of phenols is 1. The number of furan rings is 1. The van der Waals surface area contributed by atoms with Crippen molar-refractivity contribution in [3.63, 3.8) is 0 Å². The Bertz CT molecular complexity index is 1450. The number of aliphatic carboxylic acids is 1. The van der Waals surface area contributed by atoms with Gasteiger partial charge in [-0.15, -0.1) is 0 Å². The van der Waals surface area contributed by atoms with Crippen molar-refractivity contribution in [2.24, 2.45) is 5.41 Å². The zero-order chi connectivity index (χ0) is 26.5. The molecular weight excluding hydrogens is 482 g/mol. The number of carbonyl (C=O) groups excluding carboxylic acids is 1. The Morgan fingerprint density at radius 3 is 2.49 bits per heavy atom. The fourth-order valence-electron chi connectivity index (χ4n) is 4.95. The number of nitrogens with zero attached hydrogens (tertiary/aromatic N) is 1. The summed E-state index contributed by atoms with van der Waals surface area (Å²) >= 11 is 0. The maximum absolute atomic E-state index is 13.0. The Labute approximate surface area is 211 Å². The van der Waals surface area contributed by atoms with Crippen LogP contribution in [-0.2, 0) is 9.53 Å². The number of aromatic hydroxyl groups is 1. The number of rotatable bonds is 8. The lowest BCUT2D eigenvalue weighted by Gasteiger charge is -2.44. The van der Waals surface area contributed by atoms with Gasteiger partial charge in [0.1, 0.15) is 28.9 Å². The third-order valence-electron chi connectivity index (χ3n) is 7.13. The van der Waals surface area contributed by atoms with Crippen LogP contribution in [-0.4, -0.2) is 52.8 Å². The highest BCUT2D eigenvalue weighted by Crippen LogP contribution is 2.43. The van der Waals surface area contributed by atoms with Crippen molar-refractivity contribution in [2.45, 2.75) is 38.8 Å². The third kappa shape index (κ3) is 4.14. The van der Waals surface area contributed by atoms with Crippen LogP contribution in [0.4, 0.5) is 17.1 Å². The van der Waals surface area contributed by atoms with Gasteiger partial charge < -0.3 is 34.9 Å². The second kappa shape index (κ2) is 9.07. The Morgan fingerprint density at radius 1 is 1.14 bits per heavy atom. The van der Waals surface area contributed by atoms with Crippen molar-refractivity contribution in [3.8, 4) is 5.75 Å². The number of benzene rings is 1. The van der Waals surface area contributed by atoms with E-state index >= 15 is 0 Å². The summed E-state index contributed by atoms with van der Waals surface area (Å²) < 4.78 is 11.2. The van der Waals surface area contributed by atoms with E-state index in [1.807, 2.05) is 19.9 Å². The van der Waals surface area contributed by atoms with E-state index in [1.54, 1.807) is 6.07 Å². The number of likely N-dealkylation sites (tertiary alicyclic amines) is 1. The summed E-state index contributed by atoms with van der Waals surface area (Å²) in [5.41, 5.74) is -1.94. The van der Waals surface area contributed by atoms with E-state index in [9.17, 15) is 29.4 Å². The zero-order valence-electron chi connectivity index (χ0n) is 20.4. The molecule has 3 heterocycles. The van der Waals surface area contributed by atoms with Crippen LogP contribution in [0, 0.1) is 12.3 Å². The molecule has 0 aliphatic carbocycles. The summed E-state index contributed by atoms with van der Waals surface area (Å²) in [7, 11) is 0. The van der Waals surface area contributed by atoms with Gasteiger partial charge in [-0.3, -0.25) is 14.4 Å².